The van der Waals surface area contributed by atoms with Gasteiger partial charge in [0, 0.05) is 22.3 Å². The normalized spacial score (nSPS) is 10.7. The number of aromatic nitrogens is 1. The second-order valence-electron chi connectivity index (χ2n) is 5.37. The van der Waals surface area contributed by atoms with Crippen molar-refractivity contribution in [3.8, 4) is 5.75 Å². The molecule has 0 aliphatic carbocycles. The first-order valence-electron chi connectivity index (χ1n) is 7.27. The first-order chi connectivity index (χ1) is 11.1. The summed E-state index contributed by atoms with van der Waals surface area (Å²) in [6.07, 6.45) is 0.233. The van der Waals surface area contributed by atoms with Crippen molar-refractivity contribution in [2.75, 3.05) is 12.4 Å². The molecule has 5 heteroatoms. The van der Waals surface area contributed by atoms with Crippen LogP contribution in [0.15, 0.2) is 42.5 Å². The van der Waals surface area contributed by atoms with Crippen LogP contribution in [0, 0.1) is 12.7 Å². The fraction of sp³-hybridized carbons (Fsp3) is 0.167. The van der Waals surface area contributed by atoms with Gasteiger partial charge < -0.3 is 15.0 Å². The van der Waals surface area contributed by atoms with Gasteiger partial charge in [-0.25, -0.2) is 4.39 Å². The van der Waals surface area contributed by atoms with Crippen LogP contribution in [-0.2, 0) is 11.2 Å². The quantitative estimate of drug-likeness (QED) is 0.770. The summed E-state index contributed by atoms with van der Waals surface area (Å²) < 4.78 is 18.1. The number of ether oxygens (including phenoxy) is 1. The molecular formula is C18H17FN2O2. The van der Waals surface area contributed by atoms with Crippen molar-refractivity contribution >= 4 is 22.5 Å². The Bertz CT molecular complexity index is 853. The van der Waals surface area contributed by atoms with E-state index >= 15 is 0 Å². The summed E-state index contributed by atoms with van der Waals surface area (Å²) in [4.78, 5) is 15.5. The Morgan fingerprint density at radius 3 is 2.65 bits per heavy atom. The van der Waals surface area contributed by atoms with Crippen LogP contribution in [0.4, 0.5) is 10.1 Å². The van der Waals surface area contributed by atoms with E-state index in [2.05, 4.69) is 10.3 Å². The second kappa shape index (κ2) is 6.12. The largest absolute Gasteiger partial charge is 0.497 e. The van der Waals surface area contributed by atoms with E-state index in [0.717, 1.165) is 27.9 Å². The van der Waals surface area contributed by atoms with Crippen molar-refractivity contribution in [1.29, 1.82) is 0 Å². The van der Waals surface area contributed by atoms with Crippen LogP contribution in [0.2, 0.25) is 0 Å². The third kappa shape index (κ3) is 3.18. The van der Waals surface area contributed by atoms with E-state index in [1.807, 2.05) is 25.1 Å². The van der Waals surface area contributed by atoms with Crippen molar-refractivity contribution in [3.05, 3.63) is 59.5 Å². The number of aromatic amines is 1. The average molecular weight is 312 g/mol. The van der Waals surface area contributed by atoms with Gasteiger partial charge in [0.1, 0.15) is 11.6 Å². The molecule has 0 atom stereocenters. The van der Waals surface area contributed by atoms with E-state index in [9.17, 15) is 9.18 Å². The molecule has 23 heavy (non-hydrogen) atoms. The van der Waals surface area contributed by atoms with Gasteiger partial charge in [0.2, 0.25) is 5.91 Å². The number of anilines is 1. The molecule has 3 rings (SSSR count). The molecule has 1 aromatic heterocycles. The van der Waals surface area contributed by atoms with Crippen molar-refractivity contribution in [3.63, 3.8) is 0 Å². The summed E-state index contributed by atoms with van der Waals surface area (Å²) in [5, 5.41) is 3.75. The fourth-order valence-corrected chi connectivity index (χ4v) is 2.62. The Balaban J connectivity index is 1.84. The molecule has 4 nitrogen and oxygen atoms in total. The van der Waals surface area contributed by atoms with Crippen LogP contribution >= 0.6 is 0 Å². The van der Waals surface area contributed by atoms with Crippen LogP contribution in [0.5, 0.6) is 5.75 Å². The first kappa shape index (κ1) is 15.1. The molecule has 0 unspecified atom stereocenters. The molecule has 0 aliphatic rings. The topological polar surface area (TPSA) is 54.1 Å². The summed E-state index contributed by atoms with van der Waals surface area (Å²) in [7, 11) is 1.61. The lowest BCUT2D eigenvalue weighted by Crippen LogP contribution is -2.14. The number of carbonyl (C=O) groups is 1. The van der Waals surface area contributed by atoms with Gasteiger partial charge in [-0.15, -0.1) is 0 Å². The molecule has 0 fully saturated rings. The number of rotatable bonds is 4. The fourth-order valence-electron chi connectivity index (χ4n) is 2.62. The smallest absolute Gasteiger partial charge is 0.228 e. The summed E-state index contributed by atoms with van der Waals surface area (Å²) in [6.45, 7) is 1.94. The highest BCUT2D eigenvalue weighted by Gasteiger charge is 2.13. The van der Waals surface area contributed by atoms with Crippen molar-refractivity contribution in [1.82, 2.24) is 4.98 Å². The number of aryl methyl sites for hydroxylation is 1. The number of benzene rings is 2. The maximum atomic E-state index is 12.9. The molecule has 3 aromatic rings. The molecule has 2 N–H and O–H groups in total. The Kier molecular flexibility index (Phi) is 4.02. The van der Waals surface area contributed by atoms with Crippen LogP contribution < -0.4 is 10.1 Å². The minimum absolute atomic E-state index is 0.150. The van der Waals surface area contributed by atoms with Gasteiger partial charge in [0.25, 0.3) is 0 Å². The van der Waals surface area contributed by atoms with Crippen molar-refractivity contribution in [2.45, 2.75) is 13.3 Å². The van der Waals surface area contributed by atoms with Crippen LogP contribution in [0.1, 0.15) is 11.3 Å². The summed E-state index contributed by atoms with van der Waals surface area (Å²) in [5.74, 6) is 0.266. The standard InChI is InChI=1S/C18H17FN2O2/c1-11-15(16-9-14(23-2)7-8-17(16)20-11)10-18(22)21-13-5-3-12(19)4-6-13/h3-9,20H,10H2,1-2H3,(H,21,22). The zero-order valence-electron chi connectivity index (χ0n) is 12.9. The van der Waals surface area contributed by atoms with E-state index in [-0.39, 0.29) is 18.1 Å². The third-order valence-electron chi connectivity index (χ3n) is 3.79. The number of H-pyrrole nitrogens is 1. The first-order valence-corrected chi connectivity index (χ1v) is 7.27. The van der Waals surface area contributed by atoms with Gasteiger partial charge in [0.05, 0.1) is 13.5 Å². The summed E-state index contributed by atoms with van der Waals surface area (Å²) in [5.41, 5.74) is 3.42. The monoisotopic (exact) mass is 312 g/mol. The molecule has 2 aromatic carbocycles. The zero-order valence-corrected chi connectivity index (χ0v) is 12.9. The highest BCUT2D eigenvalue weighted by Crippen LogP contribution is 2.27. The molecule has 0 saturated heterocycles. The molecular weight excluding hydrogens is 295 g/mol. The van der Waals surface area contributed by atoms with E-state index in [1.165, 1.54) is 12.1 Å². The lowest BCUT2D eigenvalue weighted by atomic mass is 10.1. The molecule has 0 spiro atoms. The van der Waals surface area contributed by atoms with E-state index in [1.54, 1.807) is 19.2 Å². The molecule has 118 valence electrons. The Morgan fingerprint density at radius 2 is 1.96 bits per heavy atom. The predicted octanol–water partition coefficient (Wildman–Crippen LogP) is 3.81. The SMILES string of the molecule is COc1ccc2[nH]c(C)c(CC(=O)Nc3ccc(F)cc3)c2c1. The molecule has 0 radical (unpaired) electrons. The third-order valence-corrected chi connectivity index (χ3v) is 3.79. The number of hydrogen-bond donors (Lipinski definition) is 2. The van der Waals surface area contributed by atoms with Crippen molar-refractivity contribution < 1.29 is 13.9 Å². The van der Waals surface area contributed by atoms with Crippen LogP contribution in [-0.4, -0.2) is 18.0 Å². The lowest BCUT2D eigenvalue weighted by molar-refractivity contribution is -0.115. The predicted molar refractivity (Wildman–Crippen MR) is 88.3 cm³/mol. The van der Waals surface area contributed by atoms with Gasteiger partial charge >= 0.3 is 0 Å². The molecule has 0 saturated carbocycles. The highest BCUT2D eigenvalue weighted by molar-refractivity contribution is 5.96. The van der Waals surface area contributed by atoms with Crippen molar-refractivity contribution in [2.24, 2.45) is 0 Å². The van der Waals surface area contributed by atoms with Gasteiger partial charge in [-0.3, -0.25) is 4.79 Å². The maximum absolute atomic E-state index is 12.9. The van der Waals surface area contributed by atoms with Gasteiger partial charge in [0.15, 0.2) is 0 Å². The number of nitrogens with one attached hydrogen (secondary N) is 2. The minimum atomic E-state index is -0.331. The number of methoxy groups -OCH3 is 1. The van der Waals surface area contributed by atoms with E-state index in [4.69, 9.17) is 4.74 Å². The average Bonchev–Trinajstić information content (AvgIpc) is 2.84. The van der Waals surface area contributed by atoms with E-state index in [0.29, 0.717) is 5.69 Å². The van der Waals surface area contributed by atoms with Gasteiger partial charge in [-0.05, 0) is 55.0 Å². The number of fused-ring (bicyclic) bond motifs is 1. The van der Waals surface area contributed by atoms with Crippen LogP contribution in [0.25, 0.3) is 10.9 Å². The maximum Gasteiger partial charge on any atom is 0.228 e. The lowest BCUT2D eigenvalue weighted by Gasteiger charge is -2.06. The van der Waals surface area contributed by atoms with Gasteiger partial charge in [-0.2, -0.15) is 0 Å². The number of amides is 1. The zero-order chi connectivity index (χ0) is 16.4. The molecule has 0 aliphatic heterocycles. The summed E-state index contributed by atoms with van der Waals surface area (Å²) in [6, 6.07) is 11.4. The Morgan fingerprint density at radius 1 is 1.22 bits per heavy atom. The number of halogens is 1. The Labute approximate surface area is 133 Å². The van der Waals surface area contributed by atoms with E-state index < -0.39 is 0 Å². The molecule has 1 amide bonds. The summed E-state index contributed by atoms with van der Waals surface area (Å²) >= 11 is 0. The number of carbonyl (C=O) groups excluding carboxylic acids is 1. The highest BCUT2D eigenvalue weighted by atomic mass is 19.1. The van der Waals surface area contributed by atoms with Crippen LogP contribution in [0.3, 0.4) is 0 Å². The second-order valence-corrected chi connectivity index (χ2v) is 5.37. The Hall–Kier alpha value is -2.82. The minimum Gasteiger partial charge on any atom is -0.497 e. The molecule has 0 bridgehead atoms. The molecule has 1 heterocycles. The number of hydrogen-bond acceptors (Lipinski definition) is 2. The van der Waals surface area contributed by atoms with Gasteiger partial charge in [-0.1, -0.05) is 0 Å².